The minimum Gasteiger partial charge on any atom is -0.481 e. The number of aliphatic carboxylic acids is 1. The van der Waals surface area contributed by atoms with Crippen molar-refractivity contribution in [2.75, 3.05) is 0 Å². The Kier molecular flexibility index (Phi) is 2.66. The van der Waals surface area contributed by atoms with Crippen molar-refractivity contribution in [3.8, 4) is 0 Å². The van der Waals surface area contributed by atoms with Crippen LogP contribution in [-0.2, 0) is 10.2 Å². The number of hydrogen-bond acceptors (Lipinski definition) is 1. The Balaban J connectivity index is 2.45. The van der Waals surface area contributed by atoms with Crippen LogP contribution in [0.4, 0.5) is 4.39 Å². The molecule has 1 N–H and O–H groups in total. The average Bonchev–Trinajstić information content (AvgIpc) is 2.12. The Labute approximate surface area is 98.0 Å². The van der Waals surface area contributed by atoms with E-state index in [0.29, 0.717) is 24.3 Å². The molecular formula is C12H12ClFO2. The fourth-order valence-electron chi connectivity index (χ4n) is 2.52. The van der Waals surface area contributed by atoms with Crippen LogP contribution >= 0.6 is 11.6 Å². The molecule has 0 unspecified atom stereocenters. The molecule has 0 atom stereocenters. The van der Waals surface area contributed by atoms with Gasteiger partial charge in [-0.1, -0.05) is 24.6 Å². The fourth-order valence-corrected chi connectivity index (χ4v) is 2.87. The topological polar surface area (TPSA) is 37.3 Å². The lowest BCUT2D eigenvalue weighted by atomic mass is 9.59. The third-order valence-corrected chi connectivity index (χ3v) is 3.56. The zero-order valence-corrected chi connectivity index (χ0v) is 9.59. The van der Waals surface area contributed by atoms with Gasteiger partial charge in [0.1, 0.15) is 5.82 Å². The zero-order chi connectivity index (χ0) is 11.9. The maximum Gasteiger partial charge on any atom is 0.314 e. The molecule has 1 saturated carbocycles. The van der Waals surface area contributed by atoms with Gasteiger partial charge in [-0.15, -0.1) is 0 Å². The highest BCUT2D eigenvalue weighted by Crippen LogP contribution is 2.49. The summed E-state index contributed by atoms with van der Waals surface area (Å²) in [5.41, 5.74) is -0.384. The van der Waals surface area contributed by atoms with E-state index in [4.69, 9.17) is 11.6 Å². The second-order valence-electron chi connectivity index (χ2n) is 4.52. The van der Waals surface area contributed by atoms with Gasteiger partial charge in [-0.05, 0) is 36.5 Å². The second-order valence-corrected chi connectivity index (χ2v) is 4.93. The van der Waals surface area contributed by atoms with Crippen molar-refractivity contribution in [1.82, 2.24) is 0 Å². The number of halogens is 2. The first-order valence-electron chi connectivity index (χ1n) is 5.14. The van der Waals surface area contributed by atoms with Crippen LogP contribution in [-0.4, -0.2) is 11.1 Å². The molecule has 0 amide bonds. The molecule has 2 rings (SSSR count). The summed E-state index contributed by atoms with van der Waals surface area (Å²) in [6, 6.07) is 3.91. The maximum absolute atomic E-state index is 12.9. The summed E-state index contributed by atoms with van der Waals surface area (Å²) in [6.45, 7) is 2.00. The van der Waals surface area contributed by atoms with E-state index in [1.807, 2.05) is 6.92 Å². The summed E-state index contributed by atoms with van der Waals surface area (Å²) in [6.07, 6.45) is 1.13. The van der Waals surface area contributed by atoms with Gasteiger partial charge in [-0.2, -0.15) is 0 Å². The van der Waals surface area contributed by atoms with E-state index < -0.39 is 17.2 Å². The van der Waals surface area contributed by atoms with Gasteiger partial charge >= 0.3 is 5.97 Å². The molecule has 4 heteroatoms. The lowest BCUT2D eigenvalue weighted by molar-refractivity contribution is -0.149. The van der Waals surface area contributed by atoms with E-state index in [1.54, 1.807) is 0 Å². The highest BCUT2D eigenvalue weighted by molar-refractivity contribution is 6.31. The first-order chi connectivity index (χ1) is 7.45. The van der Waals surface area contributed by atoms with E-state index in [2.05, 4.69) is 0 Å². The Bertz CT molecular complexity index is 439. The van der Waals surface area contributed by atoms with Gasteiger partial charge < -0.3 is 5.11 Å². The zero-order valence-electron chi connectivity index (χ0n) is 8.84. The summed E-state index contributed by atoms with van der Waals surface area (Å²) >= 11 is 5.92. The quantitative estimate of drug-likeness (QED) is 0.865. The maximum atomic E-state index is 12.9. The van der Waals surface area contributed by atoms with Gasteiger partial charge in [-0.3, -0.25) is 4.79 Å². The minimum atomic E-state index is -0.912. The summed E-state index contributed by atoms with van der Waals surface area (Å²) in [7, 11) is 0. The Morgan fingerprint density at radius 1 is 1.56 bits per heavy atom. The highest BCUT2D eigenvalue weighted by atomic mass is 35.5. The van der Waals surface area contributed by atoms with Crippen molar-refractivity contribution < 1.29 is 14.3 Å². The Morgan fingerprint density at radius 2 is 2.19 bits per heavy atom. The molecular weight excluding hydrogens is 231 g/mol. The van der Waals surface area contributed by atoms with Crippen molar-refractivity contribution in [2.24, 2.45) is 5.92 Å². The van der Waals surface area contributed by atoms with Gasteiger partial charge in [-0.25, -0.2) is 4.39 Å². The number of carboxylic acid groups (broad SMARTS) is 1. The SMILES string of the molecule is CC1CC(C(=O)O)(c2ccc(F)cc2Cl)C1. The molecule has 16 heavy (non-hydrogen) atoms. The molecule has 1 aromatic carbocycles. The van der Waals surface area contributed by atoms with E-state index in [1.165, 1.54) is 18.2 Å². The molecule has 0 aliphatic heterocycles. The Hall–Kier alpha value is -1.09. The fraction of sp³-hybridized carbons (Fsp3) is 0.417. The van der Waals surface area contributed by atoms with Crippen LogP contribution in [0.2, 0.25) is 5.02 Å². The molecule has 1 aromatic rings. The molecule has 0 aromatic heterocycles. The van der Waals surface area contributed by atoms with Gasteiger partial charge in [0.15, 0.2) is 0 Å². The number of benzene rings is 1. The molecule has 0 heterocycles. The second kappa shape index (κ2) is 3.74. The number of hydrogen-bond donors (Lipinski definition) is 1. The number of rotatable bonds is 2. The van der Waals surface area contributed by atoms with Gasteiger partial charge in [0.25, 0.3) is 0 Å². The van der Waals surface area contributed by atoms with Crippen LogP contribution in [0.5, 0.6) is 0 Å². The first kappa shape index (κ1) is 11.4. The predicted molar refractivity (Wildman–Crippen MR) is 59.1 cm³/mol. The van der Waals surface area contributed by atoms with Crippen molar-refractivity contribution >= 4 is 17.6 Å². The Morgan fingerprint density at radius 3 is 2.62 bits per heavy atom. The van der Waals surface area contributed by atoms with Crippen LogP contribution in [0.15, 0.2) is 18.2 Å². The van der Waals surface area contributed by atoms with Crippen LogP contribution in [0.25, 0.3) is 0 Å². The van der Waals surface area contributed by atoms with Gasteiger partial charge in [0.05, 0.1) is 5.41 Å². The molecule has 2 nitrogen and oxygen atoms in total. The standard InChI is InChI=1S/C12H12ClFO2/c1-7-5-12(6-7,11(15)16)9-3-2-8(14)4-10(9)13/h2-4,7H,5-6H2,1H3,(H,15,16). The lowest BCUT2D eigenvalue weighted by Crippen LogP contribution is -2.47. The van der Waals surface area contributed by atoms with Crippen LogP contribution in [0.3, 0.4) is 0 Å². The highest BCUT2D eigenvalue weighted by Gasteiger charge is 2.50. The smallest absolute Gasteiger partial charge is 0.314 e. The molecule has 0 spiro atoms. The van der Waals surface area contributed by atoms with E-state index in [9.17, 15) is 14.3 Å². The van der Waals surface area contributed by atoms with Gasteiger partial charge in [0, 0.05) is 5.02 Å². The van der Waals surface area contributed by atoms with Crippen LogP contribution in [0, 0.1) is 11.7 Å². The molecule has 1 aliphatic rings. The third kappa shape index (κ3) is 1.59. The predicted octanol–water partition coefficient (Wildman–Crippen LogP) is 3.23. The van der Waals surface area contributed by atoms with Crippen molar-refractivity contribution in [1.29, 1.82) is 0 Å². The van der Waals surface area contributed by atoms with Crippen molar-refractivity contribution in [3.05, 3.63) is 34.6 Å². The summed E-state index contributed by atoms with van der Waals surface area (Å²) < 4.78 is 12.9. The monoisotopic (exact) mass is 242 g/mol. The number of carbonyl (C=O) groups is 1. The molecule has 86 valence electrons. The van der Waals surface area contributed by atoms with E-state index in [-0.39, 0.29) is 5.02 Å². The molecule has 1 fully saturated rings. The van der Waals surface area contributed by atoms with Crippen LogP contribution in [0.1, 0.15) is 25.3 Å². The van der Waals surface area contributed by atoms with Crippen molar-refractivity contribution in [2.45, 2.75) is 25.2 Å². The van der Waals surface area contributed by atoms with E-state index in [0.717, 1.165) is 0 Å². The van der Waals surface area contributed by atoms with Crippen LogP contribution < -0.4 is 0 Å². The summed E-state index contributed by atoms with van der Waals surface area (Å²) in [5.74, 6) is -0.946. The third-order valence-electron chi connectivity index (χ3n) is 3.25. The number of carboxylic acids is 1. The van der Waals surface area contributed by atoms with Crippen molar-refractivity contribution in [3.63, 3.8) is 0 Å². The average molecular weight is 243 g/mol. The first-order valence-corrected chi connectivity index (χ1v) is 5.52. The summed E-state index contributed by atoms with van der Waals surface area (Å²) in [4.78, 5) is 11.3. The van der Waals surface area contributed by atoms with Gasteiger partial charge in [0.2, 0.25) is 0 Å². The molecule has 0 bridgehead atoms. The lowest BCUT2D eigenvalue weighted by Gasteiger charge is -2.43. The summed E-state index contributed by atoms with van der Waals surface area (Å²) in [5, 5.41) is 9.50. The molecule has 0 saturated heterocycles. The normalized spacial score (nSPS) is 28.6. The molecule has 1 aliphatic carbocycles. The van der Waals surface area contributed by atoms with E-state index >= 15 is 0 Å². The molecule has 0 radical (unpaired) electrons. The largest absolute Gasteiger partial charge is 0.481 e. The minimum absolute atomic E-state index is 0.203.